The number of aromatic carboxylic acids is 1. The predicted molar refractivity (Wildman–Crippen MR) is 103 cm³/mol. The molecule has 4 nitrogen and oxygen atoms in total. The number of carboxylic acids is 1. The van der Waals surface area contributed by atoms with E-state index in [0.29, 0.717) is 15.9 Å². The first kappa shape index (κ1) is 19.0. The fourth-order valence-corrected chi connectivity index (χ4v) is 3.55. The molecule has 2 heterocycles. The molecule has 0 saturated heterocycles. The Bertz CT molecular complexity index is 1270. The first-order chi connectivity index (χ1) is 13.9. The Morgan fingerprint density at radius 1 is 1.10 bits per heavy atom. The summed E-state index contributed by atoms with van der Waals surface area (Å²) in [4.78, 5) is 15.8. The van der Waals surface area contributed by atoms with Crippen LogP contribution >= 0.6 is 11.6 Å². The van der Waals surface area contributed by atoms with Crippen molar-refractivity contribution in [3.63, 3.8) is 0 Å². The van der Waals surface area contributed by atoms with Gasteiger partial charge in [0, 0.05) is 44.9 Å². The number of aromatic nitrogens is 2. The van der Waals surface area contributed by atoms with Crippen LogP contribution in [0.3, 0.4) is 0 Å². The van der Waals surface area contributed by atoms with Gasteiger partial charge >= 0.3 is 5.97 Å². The van der Waals surface area contributed by atoms with Crippen molar-refractivity contribution in [1.29, 1.82) is 0 Å². The summed E-state index contributed by atoms with van der Waals surface area (Å²) in [7, 11) is 0. The topological polar surface area (TPSA) is 55.1 Å². The molecule has 0 radical (unpaired) electrons. The van der Waals surface area contributed by atoms with Gasteiger partial charge in [0.1, 0.15) is 17.3 Å². The van der Waals surface area contributed by atoms with E-state index < -0.39 is 23.6 Å². The number of pyridine rings is 1. The molecule has 0 aliphatic rings. The Labute approximate surface area is 167 Å². The molecule has 0 unspecified atom stereocenters. The molecule has 1 N–H and O–H groups in total. The van der Waals surface area contributed by atoms with Gasteiger partial charge in [0.15, 0.2) is 0 Å². The van der Waals surface area contributed by atoms with Crippen LogP contribution in [0, 0.1) is 17.6 Å². The summed E-state index contributed by atoms with van der Waals surface area (Å²) in [5.74, 6) is -3.74. The van der Waals surface area contributed by atoms with E-state index in [2.05, 4.69) is 4.98 Å². The van der Waals surface area contributed by atoms with Gasteiger partial charge in [0.25, 0.3) is 0 Å². The average Bonchev–Trinajstić information content (AvgIpc) is 2.98. The van der Waals surface area contributed by atoms with E-state index in [1.165, 1.54) is 35.0 Å². The number of hydrogen-bond acceptors (Lipinski definition) is 2. The molecule has 8 heteroatoms. The number of carboxylic acid groups (broad SMARTS) is 1. The predicted octanol–water partition coefficient (Wildman–Crippen LogP) is 5.52. The fourth-order valence-electron chi connectivity index (χ4n) is 3.38. The summed E-state index contributed by atoms with van der Waals surface area (Å²) >= 11 is 6.09. The molecule has 4 aromatic rings. The van der Waals surface area contributed by atoms with Gasteiger partial charge in [-0.15, -0.1) is 0 Å². The largest absolute Gasteiger partial charge is 0.477 e. The van der Waals surface area contributed by atoms with E-state index in [4.69, 9.17) is 11.6 Å². The van der Waals surface area contributed by atoms with Crippen molar-refractivity contribution in [3.05, 3.63) is 88.6 Å². The lowest BCUT2D eigenvalue weighted by Gasteiger charge is -2.10. The highest BCUT2D eigenvalue weighted by Crippen LogP contribution is 2.38. The maximum absolute atomic E-state index is 14.4. The molecular weight excluding hydrogens is 405 g/mol. The summed E-state index contributed by atoms with van der Waals surface area (Å²) < 4.78 is 43.3. The highest BCUT2D eigenvalue weighted by molar-refractivity contribution is 6.31. The van der Waals surface area contributed by atoms with Crippen molar-refractivity contribution in [2.45, 2.75) is 6.54 Å². The third-order valence-electron chi connectivity index (χ3n) is 4.60. The van der Waals surface area contributed by atoms with E-state index in [0.717, 1.165) is 12.1 Å². The Hall–Kier alpha value is -3.32. The molecule has 4 rings (SSSR count). The van der Waals surface area contributed by atoms with Gasteiger partial charge in [-0.05, 0) is 36.4 Å². The number of rotatable bonds is 4. The first-order valence-corrected chi connectivity index (χ1v) is 8.84. The van der Waals surface area contributed by atoms with Crippen LogP contribution in [0.4, 0.5) is 13.2 Å². The number of halogens is 4. The second kappa shape index (κ2) is 7.25. The van der Waals surface area contributed by atoms with Crippen LogP contribution < -0.4 is 0 Å². The fraction of sp³-hybridized carbons (Fsp3) is 0.0476. The zero-order valence-corrected chi connectivity index (χ0v) is 15.4. The van der Waals surface area contributed by atoms with Crippen LogP contribution in [-0.4, -0.2) is 20.6 Å². The molecule has 0 aliphatic heterocycles. The van der Waals surface area contributed by atoms with Gasteiger partial charge in [0.2, 0.25) is 5.95 Å². The van der Waals surface area contributed by atoms with Crippen LogP contribution in [-0.2, 0) is 6.54 Å². The van der Waals surface area contributed by atoms with E-state index in [-0.39, 0.29) is 28.9 Å². The third kappa shape index (κ3) is 3.34. The minimum Gasteiger partial charge on any atom is -0.477 e. The summed E-state index contributed by atoms with van der Waals surface area (Å²) in [5.41, 5.74) is 0.309. The Kier molecular flexibility index (Phi) is 4.76. The zero-order chi connectivity index (χ0) is 20.7. The lowest BCUT2D eigenvalue weighted by Crippen LogP contribution is -2.12. The average molecular weight is 417 g/mol. The van der Waals surface area contributed by atoms with Gasteiger partial charge in [0.05, 0.1) is 6.54 Å². The van der Waals surface area contributed by atoms with Crippen molar-refractivity contribution in [3.8, 4) is 11.1 Å². The molecule has 0 bridgehead atoms. The highest BCUT2D eigenvalue weighted by Gasteiger charge is 2.26. The smallest absolute Gasteiger partial charge is 0.353 e. The van der Waals surface area contributed by atoms with Crippen LogP contribution in [0.2, 0.25) is 5.02 Å². The third-order valence-corrected chi connectivity index (χ3v) is 4.84. The molecule has 0 atom stereocenters. The van der Waals surface area contributed by atoms with Crippen LogP contribution in [0.5, 0.6) is 0 Å². The van der Waals surface area contributed by atoms with Crippen molar-refractivity contribution in [1.82, 2.24) is 9.55 Å². The first-order valence-electron chi connectivity index (χ1n) is 8.46. The maximum Gasteiger partial charge on any atom is 0.353 e. The molecule has 146 valence electrons. The number of nitrogens with zero attached hydrogens (tertiary/aromatic N) is 2. The summed E-state index contributed by atoms with van der Waals surface area (Å²) in [6, 6.07) is 10.6. The minimum atomic E-state index is -1.34. The summed E-state index contributed by atoms with van der Waals surface area (Å²) in [6.45, 7) is -0.201. The lowest BCUT2D eigenvalue weighted by atomic mass is 10.0. The van der Waals surface area contributed by atoms with Gasteiger partial charge < -0.3 is 9.67 Å². The number of carbonyl (C=O) groups is 1. The van der Waals surface area contributed by atoms with Crippen molar-refractivity contribution in [2.75, 3.05) is 0 Å². The highest BCUT2D eigenvalue weighted by atomic mass is 35.5. The molecule has 0 spiro atoms. The van der Waals surface area contributed by atoms with Gasteiger partial charge in [-0.1, -0.05) is 17.7 Å². The lowest BCUT2D eigenvalue weighted by molar-refractivity contribution is 0.0687. The van der Waals surface area contributed by atoms with E-state index >= 15 is 0 Å². The van der Waals surface area contributed by atoms with E-state index in [1.54, 1.807) is 12.1 Å². The SMILES string of the molecule is O=C(O)c1c(-c2cccnc2F)c2cc(Cl)ccc2n1Cc1ccc(F)cc1F. The molecule has 2 aromatic carbocycles. The monoisotopic (exact) mass is 416 g/mol. The molecule has 2 aromatic heterocycles. The van der Waals surface area contributed by atoms with Crippen molar-refractivity contribution < 1.29 is 23.1 Å². The molecule has 0 aliphatic carbocycles. The molecule has 0 amide bonds. The van der Waals surface area contributed by atoms with E-state index in [1.807, 2.05) is 0 Å². The zero-order valence-electron chi connectivity index (χ0n) is 14.7. The van der Waals surface area contributed by atoms with E-state index in [9.17, 15) is 23.1 Å². The number of hydrogen-bond donors (Lipinski definition) is 1. The molecule has 29 heavy (non-hydrogen) atoms. The van der Waals surface area contributed by atoms with Crippen molar-refractivity contribution in [2.24, 2.45) is 0 Å². The molecular formula is C21H12ClF3N2O2. The number of benzene rings is 2. The Balaban J connectivity index is 2.05. The second-order valence-corrected chi connectivity index (χ2v) is 6.79. The van der Waals surface area contributed by atoms with Crippen LogP contribution in [0.25, 0.3) is 22.0 Å². The van der Waals surface area contributed by atoms with Gasteiger partial charge in [-0.3, -0.25) is 0 Å². The van der Waals surface area contributed by atoms with Crippen LogP contribution in [0.1, 0.15) is 16.1 Å². The molecule has 0 fully saturated rings. The Morgan fingerprint density at radius 2 is 1.90 bits per heavy atom. The quantitative estimate of drug-likeness (QED) is 0.446. The number of fused-ring (bicyclic) bond motifs is 1. The summed E-state index contributed by atoms with van der Waals surface area (Å²) in [6.07, 6.45) is 1.25. The van der Waals surface area contributed by atoms with Gasteiger partial charge in [-0.2, -0.15) is 4.39 Å². The normalized spacial score (nSPS) is 11.2. The second-order valence-electron chi connectivity index (χ2n) is 6.35. The van der Waals surface area contributed by atoms with Gasteiger partial charge in [-0.25, -0.2) is 18.6 Å². The maximum atomic E-state index is 14.4. The Morgan fingerprint density at radius 3 is 2.59 bits per heavy atom. The molecule has 0 saturated carbocycles. The summed E-state index contributed by atoms with van der Waals surface area (Å²) in [5, 5.41) is 10.6. The standard InChI is InChI=1S/C21H12ClF3N2O2/c22-12-4-6-17-15(8-12)18(14-2-1-7-26-20(14)25)19(21(28)29)27(17)10-11-3-5-13(23)9-16(11)24/h1-9H,10H2,(H,28,29). The van der Waals surface area contributed by atoms with Crippen LogP contribution in [0.15, 0.2) is 54.7 Å². The minimum absolute atomic E-state index is 0.0181. The van der Waals surface area contributed by atoms with Crippen molar-refractivity contribution >= 4 is 28.5 Å².